The Labute approximate surface area is 137 Å². The predicted octanol–water partition coefficient (Wildman–Crippen LogP) is 1.98. The van der Waals surface area contributed by atoms with E-state index in [9.17, 15) is 0 Å². The van der Waals surface area contributed by atoms with Crippen LogP contribution in [0.5, 0.6) is 0 Å². The standard InChI is InChI=1S/C17H24N6/c1-13-6-7-17(21-20-13)23-8-4-5-16(12-23)22(3)11-15-10-18-14(2)9-19-15/h6-7,9-10,16H,4-5,8,11-12H2,1-3H3/t16-/m1/s1. The largest absolute Gasteiger partial charge is 0.354 e. The molecule has 3 heterocycles. The molecule has 1 atom stereocenters. The molecule has 1 saturated heterocycles. The molecule has 3 rings (SSSR count). The van der Waals surface area contributed by atoms with Crippen molar-refractivity contribution in [1.29, 1.82) is 0 Å². The Kier molecular flexibility index (Phi) is 4.81. The van der Waals surface area contributed by atoms with Gasteiger partial charge in [-0.15, -0.1) is 5.10 Å². The third-order valence-electron chi connectivity index (χ3n) is 4.37. The molecule has 2 aromatic rings. The second kappa shape index (κ2) is 7.00. The average molecular weight is 312 g/mol. The summed E-state index contributed by atoms with van der Waals surface area (Å²) >= 11 is 0. The van der Waals surface area contributed by atoms with Gasteiger partial charge >= 0.3 is 0 Å². The lowest BCUT2D eigenvalue weighted by Crippen LogP contribution is -2.46. The average Bonchev–Trinajstić information content (AvgIpc) is 2.58. The zero-order valence-electron chi connectivity index (χ0n) is 14.1. The quantitative estimate of drug-likeness (QED) is 0.860. The van der Waals surface area contributed by atoms with Gasteiger partial charge in [0.1, 0.15) is 0 Å². The van der Waals surface area contributed by atoms with Gasteiger partial charge in [-0.3, -0.25) is 14.9 Å². The molecule has 0 aromatic carbocycles. The van der Waals surface area contributed by atoms with Gasteiger partial charge in [-0.2, -0.15) is 5.10 Å². The van der Waals surface area contributed by atoms with E-state index < -0.39 is 0 Å². The number of hydrogen-bond donors (Lipinski definition) is 0. The summed E-state index contributed by atoms with van der Waals surface area (Å²) < 4.78 is 0. The minimum atomic E-state index is 0.495. The van der Waals surface area contributed by atoms with Gasteiger partial charge in [-0.25, -0.2) is 0 Å². The Morgan fingerprint density at radius 3 is 2.70 bits per heavy atom. The molecule has 0 radical (unpaired) electrons. The van der Waals surface area contributed by atoms with Crippen LogP contribution in [0.3, 0.4) is 0 Å². The number of anilines is 1. The zero-order chi connectivity index (χ0) is 16.2. The molecular formula is C17H24N6. The number of nitrogens with zero attached hydrogens (tertiary/aromatic N) is 6. The molecule has 0 amide bonds. The van der Waals surface area contributed by atoms with Gasteiger partial charge < -0.3 is 4.90 Å². The normalized spacial score (nSPS) is 18.4. The van der Waals surface area contributed by atoms with Gasteiger partial charge in [0.15, 0.2) is 5.82 Å². The molecular weight excluding hydrogens is 288 g/mol. The minimum Gasteiger partial charge on any atom is -0.354 e. The number of aromatic nitrogens is 4. The van der Waals surface area contributed by atoms with E-state index in [1.807, 2.05) is 32.3 Å². The lowest BCUT2D eigenvalue weighted by Gasteiger charge is -2.37. The van der Waals surface area contributed by atoms with E-state index >= 15 is 0 Å². The fourth-order valence-corrected chi connectivity index (χ4v) is 2.97. The van der Waals surface area contributed by atoms with Crippen molar-refractivity contribution in [2.24, 2.45) is 0 Å². The van der Waals surface area contributed by atoms with E-state index in [2.05, 4.69) is 43.1 Å². The lowest BCUT2D eigenvalue weighted by molar-refractivity contribution is 0.205. The molecule has 0 saturated carbocycles. The van der Waals surface area contributed by atoms with Gasteiger partial charge in [0, 0.05) is 38.1 Å². The smallest absolute Gasteiger partial charge is 0.151 e. The number of likely N-dealkylation sites (N-methyl/N-ethyl adjacent to an activating group) is 1. The van der Waals surface area contributed by atoms with E-state index in [1.165, 1.54) is 12.8 Å². The first-order valence-electron chi connectivity index (χ1n) is 8.15. The Morgan fingerprint density at radius 2 is 2.00 bits per heavy atom. The molecule has 2 aromatic heterocycles. The van der Waals surface area contributed by atoms with E-state index in [-0.39, 0.29) is 0 Å². The highest BCUT2D eigenvalue weighted by Crippen LogP contribution is 2.20. The highest BCUT2D eigenvalue weighted by molar-refractivity contribution is 5.38. The summed E-state index contributed by atoms with van der Waals surface area (Å²) in [6.45, 7) is 6.78. The van der Waals surface area contributed by atoms with Crippen molar-refractivity contribution in [3.05, 3.63) is 41.6 Å². The van der Waals surface area contributed by atoms with Crippen molar-refractivity contribution in [3.63, 3.8) is 0 Å². The van der Waals surface area contributed by atoms with Crippen LogP contribution in [-0.4, -0.2) is 51.2 Å². The van der Waals surface area contributed by atoms with E-state index in [4.69, 9.17) is 0 Å². The van der Waals surface area contributed by atoms with Crippen LogP contribution in [0.1, 0.15) is 29.9 Å². The summed E-state index contributed by atoms with van der Waals surface area (Å²) in [5.41, 5.74) is 2.93. The molecule has 6 nitrogen and oxygen atoms in total. The molecule has 6 heteroatoms. The Hall–Kier alpha value is -2.08. The van der Waals surface area contributed by atoms with Crippen LogP contribution in [0, 0.1) is 13.8 Å². The molecule has 0 bridgehead atoms. The van der Waals surface area contributed by atoms with Crippen molar-refractivity contribution in [1.82, 2.24) is 25.1 Å². The van der Waals surface area contributed by atoms with Crippen molar-refractivity contribution in [2.45, 2.75) is 39.3 Å². The van der Waals surface area contributed by atoms with Crippen molar-refractivity contribution < 1.29 is 0 Å². The topological polar surface area (TPSA) is 58.0 Å². The number of piperidine rings is 1. The Bertz CT molecular complexity index is 625. The summed E-state index contributed by atoms with van der Waals surface area (Å²) in [5.74, 6) is 0.976. The second-order valence-corrected chi connectivity index (χ2v) is 6.34. The summed E-state index contributed by atoms with van der Waals surface area (Å²) in [5, 5.41) is 8.50. The summed E-state index contributed by atoms with van der Waals surface area (Å²) in [4.78, 5) is 13.5. The zero-order valence-corrected chi connectivity index (χ0v) is 14.1. The third kappa shape index (κ3) is 4.01. The molecule has 1 aliphatic rings. The van der Waals surface area contributed by atoms with Crippen LogP contribution in [-0.2, 0) is 6.54 Å². The molecule has 1 fully saturated rings. The first-order chi connectivity index (χ1) is 11.1. The van der Waals surface area contributed by atoms with E-state index in [0.717, 1.165) is 42.5 Å². The predicted molar refractivity (Wildman–Crippen MR) is 90.2 cm³/mol. The first-order valence-corrected chi connectivity index (χ1v) is 8.15. The molecule has 23 heavy (non-hydrogen) atoms. The Morgan fingerprint density at radius 1 is 1.13 bits per heavy atom. The molecule has 0 spiro atoms. The maximum atomic E-state index is 4.46. The van der Waals surface area contributed by atoms with Crippen molar-refractivity contribution >= 4 is 5.82 Å². The van der Waals surface area contributed by atoms with Gasteiger partial charge in [0.25, 0.3) is 0 Å². The van der Waals surface area contributed by atoms with Crippen molar-refractivity contribution in [2.75, 3.05) is 25.0 Å². The molecule has 122 valence electrons. The summed E-state index contributed by atoms with van der Waals surface area (Å²) in [6.07, 6.45) is 6.08. The van der Waals surface area contributed by atoms with Crippen LogP contribution in [0.25, 0.3) is 0 Å². The van der Waals surface area contributed by atoms with Gasteiger partial charge in [0.2, 0.25) is 0 Å². The maximum Gasteiger partial charge on any atom is 0.151 e. The van der Waals surface area contributed by atoms with Gasteiger partial charge in [0.05, 0.1) is 17.1 Å². The van der Waals surface area contributed by atoms with E-state index in [0.29, 0.717) is 6.04 Å². The Balaban J connectivity index is 1.63. The third-order valence-corrected chi connectivity index (χ3v) is 4.37. The van der Waals surface area contributed by atoms with E-state index in [1.54, 1.807) is 0 Å². The second-order valence-electron chi connectivity index (χ2n) is 6.34. The fraction of sp³-hybridized carbons (Fsp3) is 0.529. The summed E-state index contributed by atoms with van der Waals surface area (Å²) in [7, 11) is 2.16. The first kappa shape index (κ1) is 15.8. The summed E-state index contributed by atoms with van der Waals surface area (Å²) in [6, 6.07) is 4.59. The SMILES string of the molecule is Cc1cnc(CN(C)[C@@H]2CCCN(c3ccc(C)nn3)C2)cn1. The van der Waals surface area contributed by atoms with Crippen molar-refractivity contribution in [3.8, 4) is 0 Å². The number of hydrogen-bond acceptors (Lipinski definition) is 6. The van der Waals surface area contributed by atoms with Gasteiger partial charge in [-0.1, -0.05) is 0 Å². The minimum absolute atomic E-state index is 0.495. The lowest BCUT2D eigenvalue weighted by atomic mass is 10.0. The number of rotatable bonds is 4. The van der Waals surface area contributed by atoms with Crippen LogP contribution < -0.4 is 4.90 Å². The van der Waals surface area contributed by atoms with Crippen LogP contribution in [0.4, 0.5) is 5.82 Å². The fourth-order valence-electron chi connectivity index (χ4n) is 2.97. The number of aryl methyl sites for hydroxylation is 2. The molecule has 1 aliphatic heterocycles. The monoisotopic (exact) mass is 312 g/mol. The van der Waals surface area contributed by atoms with Crippen LogP contribution in [0.2, 0.25) is 0 Å². The maximum absolute atomic E-state index is 4.46. The molecule has 0 unspecified atom stereocenters. The van der Waals surface area contributed by atoms with Crippen LogP contribution in [0.15, 0.2) is 24.5 Å². The van der Waals surface area contributed by atoms with Crippen LogP contribution >= 0.6 is 0 Å². The highest BCUT2D eigenvalue weighted by atomic mass is 15.3. The van der Waals surface area contributed by atoms with Gasteiger partial charge in [-0.05, 0) is 45.9 Å². The molecule has 0 aliphatic carbocycles. The molecule has 0 N–H and O–H groups in total. The highest BCUT2D eigenvalue weighted by Gasteiger charge is 2.24.